The van der Waals surface area contributed by atoms with E-state index >= 15 is 0 Å². The molecule has 0 aromatic carbocycles. The first-order valence-corrected chi connectivity index (χ1v) is 7.02. The molecule has 122 valence electrons. The van der Waals surface area contributed by atoms with E-state index in [9.17, 15) is 9.59 Å². The smallest absolute Gasteiger partial charge is 0.224 e. The summed E-state index contributed by atoms with van der Waals surface area (Å²) in [5.74, 6) is -1.03. The van der Waals surface area contributed by atoms with Gasteiger partial charge in [-0.15, -0.1) is 6.58 Å². The van der Waals surface area contributed by atoms with Crippen molar-refractivity contribution in [2.24, 2.45) is 5.92 Å². The van der Waals surface area contributed by atoms with Crippen molar-refractivity contribution in [3.63, 3.8) is 0 Å². The predicted molar refractivity (Wildman–Crippen MR) is 78.5 cm³/mol. The number of amides is 2. The van der Waals surface area contributed by atoms with Crippen molar-refractivity contribution in [2.45, 2.75) is 25.8 Å². The molecule has 0 saturated heterocycles. The molecular weight excluding hydrogens is 276 g/mol. The van der Waals surface area contributed by atoms with Crippen LogP contribution in [0.15, 0.2) is 12.7 Å². The van der Waals surface area contributed by atoms with Crippen LogP contribution in [0.3, 0.4) is 0 Å². The summed E-state index contributed by atoms with van der Waals surface area (Å²) in [4.78, 5) is 23.7. The van der Waals surface area contributed by atoms with Crippen LogP contribution in [0.5, 0.6) is 0 Å². The Balaban J connectivity index is 4.14. The van der Waals surface area contributed by atoms with Crippen molar-refractivity contribution < 1.29 is 24.5 Å². The van der Waals surface area contributed by atoms with Gasteiger partial charge in [0.1, 0.15) is 0 Å². The number of aliphatic hydroxyl groups excluding tert-OH is 2. The highest BCUT2D eigenvalue weighted by Gasteiger charge is 2.21. The Labute approximate surface area is 125 Å². The molecule has 2 atom stereocenters. The summed E-state index contributed by atoms with van der Waals surface area (Å²) in [6.45, 7) is 5.93. The van der Waals surface area contributed by atoms with Crippen LogP contribution in [0.25, 0.3) is 0 Å². The van der Waals surface area contributed by atoms with E-state index in [0.29, 0.717) is 19.6 Å². The number of allylic oxidation sites excluding steroid dienone is 1. The maximum atomic E-state index is 12.0. The van der Waals surface area contributed by atoms with Crippen LogP contribution in [-0.4, -0.2) is 61.0 Å². The summed E-state index contributed by atoms with van der Waals surface area (Å²) in [6.07, 6.45) is 2.03. The summed E-state index contributed by atoms with van der Waals surface area (Å²) >= 11 is 0. The second-order valence-corrected chi connectivity index (χ2v) is 4.70. The number of ether oxygens (including phenoxy) is 1. The fourth-order valence-corrected chi connectivity index (χ4v) is 1.62. The number of hydrogen-bond acceptors (Lipinski definition) is 5. The van der Waals surface area contributed by atoms with Crippen molar-refractivity contribution in [3.05, 3.63) is 12.7 Å². The number of rotatable bonds is 12. The largest absolute Gasteiger partial charge is 0.394 e. The van der Waals surface area contributed by atoms with Gasteiger partial charge in [0.25, 0.3) is 0 Å². The molecule has 0 aromatic heterocycles. The molecule has 0 aliphatic heterocycles. The normalized spacial score (nSPS) is 13.3. The lowest BCUT2D eigenvalue weighted by Crippen LogP contribution is -2.41. The SMILES string of the molecule is C=CCC(CC(=O)NCCOCCO)C(=O)NC(C)CO. The lowest BCUT2D eigenvalue weighted by Gasteiger charge is -2.18. The van der Waals surface area contributed by atoms with E-state index in [4.69, 9.17) is 14.9 Å². The van der Waals surface area contributed by atoms with E-state index in [1.54, 1.807) is 13.0 Å². The second-order valence-electron chi connectivity index (χ2n) is 4.70. The molecule has 4 N–H and O–H groups in total. The molecule has 0 bridgehead atoms. The highest BCUT2D eigenvalue weighted by molar-refractivity contribution is 5.86. The van der Waals surface area contributed by atoms with Gasteiger partial charge in [0.05, 0.1) is 32.3 Å². The fraction of sp³-hybridized carbons (Fsp3) is 0.714. The molecule has 0 aromatic rings. The third-order valence-corrected chi connectivity index (χ3v) is 2.72. The first-order valence-electron chi connectivity index (χ1n) is 7.02. The highest BCUT2D eigenvalue weighted by atomic mass is 16.5. The summed E-state index contributed by atoms with van der Waals surface area (Å²) in [5.41, 5.74) is 0. The predicted octanol–water partition coefficient (Wildman–Crippen LogP) is -0.809. The third kappa shape index (κ3) is 10.0. The molecule has 0 fully saturated rings. The van der Waals surface area contributed by atoms with Crippen LogP contribution < -0.4 is 10.6 Å². The summed E-state index contributed by atoms with van der Waals surface area (Å²) in [5, 5.41) is 22.7. The number of nitrogens with one attached hydrogen (secondary N) is 2. The van der Waals surface area contributed by atoms with Gasteiger partial charge in [0.2, 0.25) is 11.8 Å². The molecule has 0 radical (unpaired) electrons. The number of aliphatic hydroxyl groups is 2. The average molecular weight is 302 g/mol. The Morgan fingerprint density at radius 2 is 2.05 bits per heavy atom. The van der Waals surface area contributed by atoms with Gasteiger partial charge in [0, 0.05) is 19.0 Å². The van der Waals surface area contributed by atoms with Crippen LogP contribution in [-0.2, 0) is 14.3 Å². The molecular formula is C14H26N2O5. The molecule has 7 heteroatoms. The van der Waals surface area contributed by atoms with Crippen LogP contribution in [0.4, 0.5) is 0 Å². The molecule has 0 spiro atoms. The van der Waals surface area contributed by atoms with E-state index in [-0.39, 0.29) is 44.1 Å². The van der Waals surface area contributed by atoms with Crippen molar-refractivity contribution >= 4 is 11.8 Å². The Hall–Kier alpha value is -1.44. The molecule has 2 unspecified atom stereocenters. The Bertz CT molecular complexity index is 322. The Kier molecular flexibility index (Phi) is 11.5. The van der Waals surface area contributed by atoms with Crippen molar-refractivity contribution in [1.29, 1.82) is 0 Å². The van der Waals surface area contributed by atoms with E-state index in [1.165, 1.54) is 0 Å². The lowest BCUT2D eigenvalue weighted by atomic mass is 9.99. The zero-order valence-corrected chi connectivity index (χ0v) is 12.5. The van der Waals surface area contributed by atoms with E-state index < -0.39 is 5.92 Å². The summed E-state index contributed by atoms with van der Waals surface area (Å²) < 4.78 is 5.01. The second kappa shape index (κ2) is 12.3. The average Bonchev–Trinajstić information content (AvgIpc) is 2.46. The number of hydrogen-bond donors (Lipinski definition) is 4. The van der Waals surface area contributed by atoms with Gasteiger partial charge in [-0.3, -0.25) is 9.59 Å². The zero-order chi connectivity index (χ0) is 16.1. The van der Waals surface area contributed by atoms with Crippen molar-refractivity contribution in [1.82, 2.24) is 10.6 Å². The standard InChI is InChI=1S/C14H26N2O5/c1-3-4-12(14(20)16-11(2)10-18)9-13(19)15-5-7-21-8-6-17/h3,11-12,17-18H,1,4-10H2,2H3,(H,15,19)(H,16,20). The number of carbonyl (C=O) groups excluding carboxylic acids is 2. The molecule has 0 aliphatic carbocycles. The van der Waals surface area contributed by atoms with Crippen LogP contribution in [0.2, 0.25) is 0 Å². The monoisotopic (exact) mass is 302 g/mol. The van der Waals surface area contributed by atoms with Crippen molar-refractivity contribution in [3.8, 4) is 0 Å². The molecule has 7 nitrogen and oxygen atoms in total. The minimum atomic E-state index is -0.505. The van der Waals surface area contributed by atoms with Gasteiger partial charge in [0.15, 0.2) is 0 Å². The van der Waals surface area contributed by atoms with E-state index in [0.717, 1.165) is 0 Å². The Morgan fingerprint density at radius 1 is 1.33 bits per heavy atom. The highest BCUT2D eigenvalue weighted by Crippen LogP contribution is 2.10. The van der Waals surface area contributed by atoms with Crippen LogP contribution in [0, 0.1) is 5.92 Å². The molecule has 0 aliphatic rings. The first kappa shape index (κ1) is 19.6. The first-order chi connectivity index (χ1) is 10.0. The van der Waals surface area contributed by atoms with Crippen LogP contribution >= 0.6 is 0 Å². The third-order valence-electron chi connectivity index (χ3n) is 2.72. The maximum Gasteiger partial charge on any atom is 0.224 e. The Morgan fingerprint density at radius 3 is 2.62 bits per heavy atom. The fourth-order valence-electron chi connectivity index (χ4n) is 1.62. The molecule has 21 heavy (non-hydrogen) atoms. The zero-order valence-electron chi connectivity index (χ0n) is 12.5. The topological polar surface area (TPSA) is 108 Å². The van der Waals surface area contributed by atoms with Gasteiger partial charge < -0.3 is 25.6 Å². The van der Waals surface area contributed by atoms with Gasteiger partial charge in [-0.2, -0.15) is 0 Å². The quantitative estimate of drug-likeness (QED) is 0.279. The van der Waals surface area contributed by atoms with Gasteiger partial charge in [-0.1, -0.05) is 6.08 Å². The lowest BCUT2D eigenvalue weighted by molar-refractivity contribution is -0.130. The van der Waals surface area contributed by atoms with E-state index in [2.05, 4.69) is 17.2 Å². The van der Waals surface area contributed by atoms with E-state index in [1.807, 2.05) is 0 Å². The number of carbonyl (C=O) groups is 2. The molecule has 0 rings (SSSR count). The van der Waals surface area contributed by atoms with Gasteiger partial charge >= 0.3 is 0 Å². The summed E-state index contributed by atoms with van der Waals surface area (Å²) in [6, 6.07) is -0.347. The molecule has 0 saturated carbocycles. The van der Waals surface area contributed by atoms with Gasteiger partial charge in [-0.25, -0.2) is 0 Å². The molecule has 2 amide bonds. The van der Waals surface area contributed by atoms with Crippen LogP contribution in [0.1, 0.15) is 19.8 Å². The maximum absolute atomic E-state index is 12.0. The van der Waals surface area contributed by atoms with Gasteiger partial charge in [-0.05, 0) is 13.3 Å². The molecule has 0 heterocycles. The van der Waals surface area contributed by atoms with Crippen molar-refractivity contribution in [2.75, 3.05) is 33.0 Å². The minimum Gasteiger partial charge on any atom is -0.394 e. The summed E-state index contributed by atoms with van der Waals surface area (Å²) in [7, 11) is 0. The minimum absolute atomic E-state index is 0.0516.